The summed E-state index contributed by atoms with van der Waals surface area (Å²) in [6, 6.07) is 13.9. The second-order valence-electron chi connectivity index (χ2n) is 8.31. The van der Waals surface area contributed by atoms with Crippen LogP contribution in [0.4, 0.5) is 8.78 Å². The Morgan fingerprint density at radius 1 is 1.10 bits per heavy atom. The van der Waals surface area contributed by atoms with E-state index in [-0.39, 0.29) is 24.6 Å². The number of amidine groups is 1. The number of alkyl halides is 2. The summed E-state index contributed by atoms with van der Waals surface area (Å²) in [6.45, 7) is 0.0139. The van der Waals surface area contributed by atoms with Crippen molar-refractivity contribution in [3.63, 3.8) is 0 Å². The van der Waals surface area contributed by atoms with Gasteiger partial charge < -0.3 is 19.9 Å². The summed E-state index contributed by atoms with van der Waals surface area (Å²) in [5.41, 5.74) is 4.99. The largest absolute Gasteiger partial charge is 0.484 e. The summed E-state index contributed by atoms with van der Waals surface area (Å²) in [6.07, 6.45) is 1.19. The SMILES string of the molecule is N#Cc1cccc(-c2ccc3c(c2)[C@@]2(C[C@@]4(CCCOC4)O3)OC(N)=NCC2(F)F)c1. The van der Waals surface area contributed by atoms with E-state index in [4.69, 9.17) is 19.9 Å². The molecule has 3 aliphatic rings. The Bertz CT molecular complexity index is 1110. The molecule has 0 amide bonds. The molecule has 1 fully saturated rings. The van der Waals surface area contributed by atoms with Crippen molar-refractivity contribution in [1.82, 2.24) is 0 Å². The molecule has 31 heavy (non-hydrogen) atoms. The predicted octanol–water partition coefficient (Wildman–Crippen LogP) is 3.73. The predicted molar refractivity (Wildman–Crippen MR) is 109 cm³/mol. The number of nitrogens with two attached hydrogens (primary N) is 1. The molecule has 3 heterocycles. The number of fused-ring (bicyclic) bond motifs is 2. The average Bonchev–Trinajstić information content (AvgIpc) is 2.77. The van der Waals surface area contributed by atoms with Gasteiger partial charge in [0.2, 0.25) is 5.60 Å². The molecule has 2 atom stereocenters. The van der Waals surface area contributed by atoms with Crippen LogP contribution in [0.2, 0.25) is 0 Å². The zero-order valence-electron chi connectivity index (χ0n) is 16.7. The highest BCUT2D eigenvalue weighted by molar-refractivity contribution is 5.74. The van der Waals surface area contributed by atoms with Crippen LogP contribution in [0, 0.1) is 11.3 Å². The lowest BCUT2D eigenvalue weighted by atomic mass is 9.72. The van der Waals surface area contributed by atoms with Crippen LogP contribution in [0.1, 0.15) is 30.4 Å². The summed E-state index contributed by atoms with van der Waals surface area (Å²) in [4.78, 5) is 3.66. The van der Waals surface area contributed by atoms with E-state index in [2.05, 4.69) is 11.1 Å². The van der Waals surface area contributed by atoms with E-state index >= 15 is 8.78 Å². The fourth-order valence-electron chi connectivity index (χ4n) is 4.76. The Kier molecular flexibility index (Phi) is 4.41. The number of hydrogen-bond acceptors (Lipinski definition) is 6. The molecule has 8 heteroatoms. The summed E-state index contributed by atoms with van der Waals surface area (Å²) >= 11 is 0. The minimum atomic E-state index is -3.30. The van der Waals surface area contributed by atoms with Crippen LogP contribution >= 0.6 is 0 Å². The van der Waals surface area contributed by atoms with E-state index in [1.54, 1.807) is 36.4 Å². The van der Waals surface area contributed by atoms with Crippen LogP contribution in [-0.2, 0) is 15.1 Å². The molecule has 6 nitrogen and oxygen atoms in total. The molecule has 0 unspecified atom stereocenters. The normalized spacial score (nSPS) is 28.7. The summed E-state index contributed by atoms with van der Waals surface area (Å²) < 4.78 is 48.7. The molecule has 0 aromatic heterocycles. The number of ether oxygens (including phenoxy) is 3. The Hall–Kier alpha value is -3.18. The molecule has 160 valence electrons. The molecule has 3 aliphatic heterocycles. The molecule has 2 aromatic carbocycles. The highest BCUT2D eigenvalue weighted by Gasteiger charge is 2.66. The van der Waals surface area contributed by atoms with Gasteiger partial charge in [-0.3, -0.25) is 0 Å². The Morgan fingerprint density at radius 3 is 2.71 bits per heavy atom. The first-order valence-electron chi connectivity index (χ1n) is 10.2. The van der Waals surface area contributed by atoms with Crippen LogP contribution in [0.15, 0.2) is 47.5 Å². The van der Waals surface area contributed by atoms with Gasteiger partial charge in [0.25, 0.3) is 6.02 Å². The van der Waals surface area contributed by atoms with Gasteiger partial charge in [-0.1, -0.05) is 18.2 Å². The standard InChI is InChI=1S/C23H21F2N3O3/c24-23(25)13-28-20(27)31-22(23)12-21(7-2-8-29-14-21)30-19-6-5-17(10-18(19)22)16-4-1-3-15(9-16)11-26/h1,3-6,9-10H,2,7-8,12-14H2,(H2,27,28)/t21-,22-/m1/s1. The molecule has 2 aromatic rings. The lowest BCUT2D eigenvalue weighted by molar-refractivity contribution is -0.227. The van der Waals surface area contributed by atoms with Gasteiger partial charge in [0.15, 0.2) is 0 Å². The van der Waals surface area contributed by atoms with Gasteiger partial charge in [0.1, 0.15) is 17.9 Å². The van der Waals surface area contributed by atoms with E-state index in [1.165, 1.54) is 0 Å². The van der Waals surface area contributed by atoms with Gasteiger partial charge in [0.05, 0.1) is 18.2 Å². The van der Waals surface area contributed by atoms with Crippen molar-refractivity contribution in [2.45, 2.75) is 36.4 Å². The topological polar surface area (TPSA) is 89.9 Å². The van der Waals surface area contributed by atoms with E-state index in [0.29, 0.717) is 36.3 Å². The van der Waals surface area contributed by atoms with Crippen LogP contribution in [0.25, 0.3) is 11.1 Å². The lowest BCUT2D eigenvalue weighted by Gasteiger charge is -2.52. The van der Waals surface area contributed by atoms with Crippen molar-refractivity contribution in [2.24, 2.45) is 10.7 Å². The van der Waals surface area contributed by atoms with Gasteiger partial charge in [0, 0.05) is 18.6 Å². The molecule has 0 saturated carbocycles. The number of nitriles is 1. The van der Waals surface area contributed by atoms with E-state index in [9.17, 15) is 5.26 Å². The minimum absolute atomic E-state index is 0.0993. The van der Waals surface area contributed by atoms with Crippen molar-refractivity contribution < 1.29 is 23.0 Å². The first-order chi connectivity index (χ1) is 14.9. The fourth-order valence-corrected chi connectivity index (χ4v) is 4.76. The number of hydrogen-bond donors (Lipinski definition) is 1. The average molecular weight is 425 g/mol. The maximum absolute atomic E-state index is 15.6. The molecule has 0 radical (unpaired) electrons. The zero-order chi connectivity index (χ0) is 21.7. The van der Waals surface area contributed by atoms with Crippen LogP contribution in [0.5, 0.6) is 5.75 Å². The molecule has 2 N–H and O–H groups in total. The maximum atomic E-state index is 15.6. The summed E-state index contributed by atoms with van der Waals surface area (Å²) in [5, 5.41) is 9.21. The molecule has 1 saturated heterocycles. The molecule has 0 bridgehead atoms. The zero-order valence-corrected chi connectivity index (χ0v) is 16.7. The fraction of sp³-hybridized carbons (Fsp3) is 0.391. The Labute approximate surface area is 178 Å². The highest BCUT2D eigenvalue weighted by Crippen LogP contribution is 2.56. The third-order valence-corrected chi connectivity index (χ3v) is 6.23. The minimum Gasteiger partial charge on any atom is -0.484 e. The van der Waals surface area contributed by atoms with Crippen LogP contribution in [0.3, 0.4) is 0 Å². The molecule has 5 rings (SSSR count). The second-order valence-corrected chi connectivity index (χ2v) is 8.31. The smallest absolute Gasteiger partial charge is 0.310 e. The van der Waals surface area contributed by atoms with Gasteiger partial charge in [-0.05, 0) is 48.2 Å². The van der Waals surface area contributed by atoms with Gasteiger partial charge in [-0.15, -0.1) is 0 Å². The van der Waals surface area contributed by atoms with E-state index in [0.717, 1.165) is 5.56 Å². The van der Waals surface area contributed by atoms with Crippen LogP contribution in [-0.4, -0.2) is 37.3 Å². The van der Waals surface area contributed by atoms with Crippen molar-refractivity contribution in [3.8, 4) is 22.9 Å². The summed E-state index contributed by atoms with van der Waals surface area (Å²) in [5.74, 6) is -2.97. The highest BCUT2D eigenvalue weighted by atomic mass is 19.3. The number of halogens is 2. The van der Waals surface area contributed by atoms with Crippen molar-refractivity contribution in [3.05, 3.63) is 53.6 Å². The first kappa shape index (κ1) is 19.8. The Balaban J connectivity index is 1.69. The van der Waals surface area contributed by atoms with Crippen molar-refractivity contribution >= 4 is 6.02 Å². The lowest BCUT2D eigenvalue weighted by Crippen LogP contribution is -2.63. The first-order valence-corrected chi connectivity index (χ1v) is 10.2. The van der Waals surface area contributed by atoms with Gasteiger partial charge in [-0.25, -0.2) is 4.99 Å². The molecular formula is C23H21F2N3O3. The molecular weight excluding hydrogens is 404 g/mol. The summed E-state index contributed by atoms with van der Waals surface area (Å²) in [7, 11) is 0. The quantitative estimate of drug-likeness (QED) is 0.752. The monoisotopic (exact) mass is 425 g/mol. The van der Waals surface area contributed by atoms with Gasteiger partial charge >= 0.3 is 5.92 Å². The number of benzene rings is 2. The number of rotatable bonds is 1. The van der Waals surface area contributed by atoms with Crippen LogP contribution < -0.4 is 10.5 Å². The maximum Gasteiger partial charge on any atom is 0.310 e. The molecule has 2 spiro atoms. The van der Waals surface area contributed by atoms with E-state index < -0.39 is 23.7 Å². The second kappa shape index (κ2) is 6.92. The number of nitrogens with zero attached hydrogens (tertiary/aromatic N) is 2. The van der Waals surface area contributed by atoms with Gasteiger partial charge in [-0.2, -0.15) is 14.0 Å². The third kappa shape index (κ3) is 3.12. The van der Waals surface area contributed by atoms with Crippen molar-refractivity contribution in [1.29, 1.82) is 5.26 Å². The third-order valence-electron chi connectivity index (χ3n) is 6.23. The molecule has 0 aliphatic carbocycles. The Morgan fingerprint density at radius 2 is 1.94 bits per heavy atom. The van der Waals surface area contributed by atoms with Crippen molar-refractivity contribution in [2.75, 3.05) is 19.8 Å². The number of aliphatic imine (C=N–C) groups is 1. The van der Waals surface area contributed by atoms with E-state index in [1.807, 2.05) is 6.07 Å².